The third kappa shape index (κ3) is 4.79. The number of amides is 1. The first-order chi connectivity index (χ1) is 13.2. The molecule has 0 aliphatic carbocycles. The zero-order chi connectivity index (χ0) is 20.3. The van der Waals surface area contributed by atoms with Crippen molar-refractivity contribution in [3.05, 3.63) is 64.2 Å². The van der Waals surface area contributed by atoms with Crippen molar-refractivity contribution in [2.75, 3.05) is 31.1 Å². The van der Waals surface area contributed by atoms with Crippen LogP contribution in [0.15, 0.2) is 42.5 Å². The van der Waals surface area contributed by atoms with Crippen LogP contribution < -0.4 is 4.90 Å². The van der Waals surface area contributed by atoms with Gasteiger partial charge in [0.2, 0.25) is 0 Å². The van der Waals surface area contributed by atoms with Crippen molar-refractivity contribution in [1.82, 2.24) is 4.90 Å². The number of hydrogen-bond donors (Lipinski definition) is 0. The lowest BCUT2D eigenvalue weighted by molar-refractivity contribution is -0.137. The standard InChI is InChI=1S/C21H18ClF3N2O/c1-15-2-4-16(5-3-15)6-9-20(28)27-12-10-26(11-13-27)19-14-17(21(23,24)25)7-8-18(19)22/h2-5,7-8,14H,10-13H2,1H3. The third-order valence-corrected chi connectivity index (χ3v) is 4.87. The van der Waals surface area contributed by atoms with Crippen LogP contribution in [-0.2, 0) is 11.0 Å². The molecule has 146 valence electrons. The summed E-state index contributed by atoms with van der Waals surface area (Å²) in [6, 6.07) is 10.8. The molecule has 0 bridgehead atoms. The highest BCUT2D eigenvalue weighted by Gasteiger charge is 2.32. The topological polar surface area (TPSA) is 23.6 Å². The summed E-state index contributed by atoms with van der Waals surface area (Å²) in [5.74, 6) is 5.17. The van der Waals surface area contributed by atoms with Crippen LogP contribution in [-0.4, -0.2) is 37.0 Å². The average molecular weight is 407 g/mol. The highest BCUT2D eigenvalue weighted by Crippen LogP contribution is 2.35. The van der Waals surface area contributed by atoms with Crippen LogP contribution in [0.3, 0.4) is 0 Å². The van der Waals surface area contributed by atoms with Crippen molar-refractivity contribution < 1.29 is 18.0 Å². The molecule has 0 N–H and O–H groups in total. The van der Waals surface area contributed by atoms with E-state index in [9.17, 15) is 18.0 Å². The molecule has 1 aliphatic rings. The molecule has 1 amide bonds. The van der Waals surface area contributed by atoms with E-state index < -0.39 is 11.7 Å². The van der Waals surface area contributed by atoms with Crippen molar-refractivity contribution in [3.8, 4) is 11.8 Å². The zero-order valence-corrected chi connectivity index (χ0v) is 15.9. The molecular weight excluding hydrogens is 389 g/mol. The Labute approximate surface area is 166 Å². The van der Waals surface area contributed by atoms with Crippen LogP contribution in [0.4, 0.5) is 18.9 Å². The van der Waals surface area contributed by atoms with E-state index in [0.717, 1.165) is 23.3 Å². The first-order valence-electron chi connectivity index (χ1n) is 8.73. The van der Waals surface area contributed by atoms with Crippen molar-refractivity contribution in [1.29, 1.82) is 0 Å². The molecule has 0 atom stereocenters. The summed E-state index contributed by atoms with van der Waals surface area (Å²) in [7, 11) is 0. The second-order valence-corrected chi connectivity index (χ2v) is 6.97. The van der Waals surface area contributed by atoms with E-state index >= 15 is 0 Å². The second kappa shape index (κ2) is 8.15. The van der Waals surface area contributed by atoms with Crippen LogP contribution in [0.1, 0.15) is 16.7 Å². The molecule has 0 spiro atoms. The fraction of sp³-hybridized carbons (Fsp3) is 0.286. The van der Waals surface area contributed by atoms with E-state index in [-0.39, 0.29) is 10.9 Å². The van der Waals surface area contributed by atoms with Crippen LogP contribution in [0.25, 0.3) is 0 Å². The number of alkyl halides is 3. The SMILES string of the molecule is Cc1ccc(C#CC(=O)N2CCN(c3cc(C(F)(F)F)ccc3Cl)CC2)cc1. The fourth-order valence-electron chi connectivity index (χ4n) is 2.92. The molecule has 3 nitrogen and oxygen atoms in total. The number of nitrogens with zero attached hydrogens (tertiary/aromatic N) is 2. The van der Waals surface area contributed by atoms with Gasteiger partial charge in [0.05, 0.1) is 16.3 Å². The molecule has 1 fully saturated rings. The molecule has 0 radical (unpaired) electrons. The Kier molecular flexibility index (Phi) is 5.85. The van der Waals surface area contributed by atoms with Gasteiger partial charge in [0.1, 0.15) is 0 Å². The number of hydrogen-bond acceptors (Lipinski definition) is 2. The lowest BCUT2D eigenvalue weighted by atomic mass is 10.1. The Bertz CT molecular complexity index is 921. The lowest BCUT2D eigenvalue weighted by Crippen LogP contribution is -2.48. The molecule has 0 unspecified atom stereocenters. The van der Waals surface area contributed by atoms with Gasteiger partial charge in [0, 0.05) is 37.7 Å². The summed E-state index contributed by atoms with van der Waals surface area (Å²) < 4.78 is 38.9. The summed E-state index contributed by atoms with van der Waals surface area (Å²) in [5.41, 5.74) is 1.46. The smallest absolute Gasteiger partial charge is 0.367 e. The Balaban J connectivity index is 1.65. The highest BCUT2D eigenvalue weighted by molar-refractivity contribution is 6.33. The molecule has 7 heteroatoms. The highest BCUT2D eigenvalue weighted by atomic mass is 35.5. The van der Waals surface area contributed by atoms with Crippen molar-refractivity contribution >= 4 is 23.2 Å². The minimum atomic E-state index is -4.43. The van der Waals surface area contributed by atoms with E-state index in [1.54, 1.807) is 9.80 Å². The summed E-state index contributed by atoms with van der Waals surface area (Å²) in [5, 5.41) is 0.256. The summed E-state index contributed by atoms with van der Waals surface area (Å²) >= 11 is 6.10. The van der Waals surface area contributed by atoms with Gasteiger partial charge in [0.15, 0.2) is 0 Å². The molecule has 1 heterocycles. The number of benzene rings is 2. The molecule has 1 aliphatic heterocycles. The molecule has 2 aromatic carbocycles. The Morgan fingerprint density at radius 1 is 1.04 bits per heavy atom. The van der Waals surface area contributed by atoms with Gasteiger partial charge in [-0.05, 0) is 37.3 Å². The van der Waals surface area contributed by atoms with E-state index in [0.29, 0.717) is 31.9 Å². The normalized spacial score (nSPS) is 14.5. The molecule has 1 saturated heterocycles. The van der Waals surface area contributed by atoms with Gasteiger partial charge in [-0.3, -0.25) is 4.79 Å². The number of carbonyl (C=O) groups excluding carboxylic acids is 1. The Hall–Kier alpha value is -2.65. The zero-order valence-electron chi connectivity index (χ0n) is 15.2. The minimum Gasteiger partial charge on any atom is -0.367 e. The fourth-order valence-corrected chi connectivity index (χ4v) is 3.16. The third-order valence-electron chi connectivity index (χ3n) is 4.55. The van der Waals surface area contributed by atoms with Gasteiger partial charge in [-0.25, -0.2) is 0 Å². The van der Waals surface area contributed by atoms with Gasteiger partial charge in [-0.1, -0.05) is 35.2 Å². The van der Waals surface area contributed by atoms with E-state index in [4.69, 9.17) is 11.6 Å². The van der Waals surface area contributed by atoms with E-state index in [2.05, 4.69) is 11.8 Å². The molecule has 0 aromatic heterocycles. The van der Waals surface area contributed by atoms with E-state index in [1.165, 1.54) is 6.07 Å². The first-order valence-corrected chi connectivity index (χ1v) is 9.11. The first kappa shape index (κ1) is 20.1. The number of rotatable bonds is 1. The van der Waals surface area contributed by atoms with Gasteiger partial charge >= 0.3 is 6.18 Å². The van der Waals surface area contributed by atoms with Crippen LogP contribution >= 0.6 is 11.6 Å². The van der Waals surface area contributed by atoms with Crippen molar-refractivity contribution in [2.45, 2.75) is 13.1 Å². The predicted octanol–water partition coefficient (Wildman–Crippen LogP) is 4.37. The maximum atomic E-state index is 13.0. The molecule has 28 heavy (non-hydrogen) atoms. The van der Waals surface area contributed by atoms with Crippen LogP contribution in [0, 0.1) is 18.8 Å². The Morgan fingerprint density at radius 3 is 2.29 bits per heavy atom. The molecule has 0 saturated carbocycles. The lowest BCUT2D eigenvalue weighted by Gasteiger charge is -2.35. The molecular formula is C21H18ClF3N2O. The number of anilines is 1. The predicted molar refractivity (Wildman–Crippen MR) is 103 cm³/mol. The number of halogens is 4. The maximum Gasteiger partial charge on any atom is 0.416 e. The summed E-state index contributed by atoms with van der Waals surface area (Å²) in [4.78, 5) is 15.6. The second-order valence-electron chi connectivity index (χ2n) is 6.56. The Morgan fingerprint density at radius 2 is 1.68 bits per heavy atom. The summed E-state index contributed by atoms with van der Waals surface area (Å²) in [6.45, 7) is 3.48. The average Bonchev–Trinajstić information content (AvgIpc) is 2.67. The van der Waals surface area contributed by atoms with Gasteiger partial charge in [0.25, 0.3) is 5.91 Å². The van der Waals surface area contributed by atoms with Crippen molar-refractivity contribution in [3.63, 3.8) is 0 Å². The number of aryl methyl sites for hydroxylation is 1. The summed E-state index contributed by atoms with van der Waals surface area (Å²) in [6.07, 6.45) is -4.43. The number of piperazine rings is 1. The minimum absolute atomic E-state index is 0.256. The van der Waals surface area contributed by atoms with Gasteiger partial charge in [-0.15, -0.1) is 0 Å². The van der Waals surface area contributed by atoms with Gasteiger partial charge in [-0.2, -0.15) is 13.2 Å². The maximum absolute atomic E-state index is 13.0. The molecule has 3 rings (SSSR count). The van der Waals surface area contributed by atoms with Gasteiger partial charge < -0.3 is 9.80 Å². The van der Waals surface area contributed by atoms with Crippen LogP contribution in [0.2, 0.25) is 5.02 Å². The quantitative estimate of drug-likeness (QED) is 0.657. The van der Waals surface area contributed by atoms with Crippen LogP contribution in [0.5, 0.6) is 0 Å². The van der Waals surface area contributed by atoms with Crippen molar-refractivity contribution in [2.24, 2.45) is 0 Å². The largest absolute Gasteiger partial charge is 0.416 e. The molecule has 2 aromatic rings. The van der Waals surface area contributed by atoms with E-state index in [1.807, 2.05) is 31.2 Å². The monoisotopic (exact) mass is 406 g/mol. The number of carbonyl (C=O) groups is 1.